The van der Waals surface area contributed by atoms with Crippen LogP contribution in [0.3, 0.4) is 0 Å². The number of fused-ring (bicyclic) bond motifs is 5. The number of halogens is 19. The number of Topliss-reactive ketones (excluding diaryl/α,β-unsaturated/α-hetero) is 2. The summed E-state index contributed by atoms with van der Waals surface area (Å²) in [6.07, 6.45) is 7.74. The van der Waals surface area contributed by atoms with E-state index in [4.69, 9.17) is 87.4 Å². The van der Waals surface area contributed by atoms with Crippen molar-refractivity contribution in [3.63, 3.8) is 0 Å². The number of nitrogens with zero attached hydrogens (tertiary/aromatic N) is 4. The SMILES string of the molecule is BrCC1CCCO1.C.C.Clc1cccc2[nH]ccc12.Clc1cccc2c1ccn2CC1CCCO1.NCC1CCC(F)(F)CC1.O=C(CCC1CCC(F)(F)CC1)c1cn(CC2CCCO2)c2cccc(Cl)c12.O=C(O)c1cn(CC2CCCO2)c2cccc(Cl)c12.O=C(OC(=O)C(F)(F)F)C(F)(F)F.O=C(c1cn(CC2CCCO2)c2cccc(Cl)c12)C(F)(F)F. The number of carbonyl (C=O) groups excluding carboxylic acids is 4. The highest BCUT2D eigenvalue weighted by molar-refractivity contribution is 9.09. The molecule has 0 radical (unpaired) electrons. The molecule has 10 aromatic rings. The summed E-state index contributed by atoms with van der Waals surface area (Å²) in [6, 6.07) is 31.8. The zero-order valence-electron chi connectivity index (χ0n) is 67.6. The molecule has 10 heterocycles. The fraction of sp³-hybridized carbons (Fsp3) is 0.500. The minimum absolute atomic E-state index is 0. The average molecular weight is 1960 g/mol. The molecule has 5 aromatic carbocycles. The van der Waals surface area contributed by atoms with E-state index in [0.29, 0.717) is 116 Å². The van der Waals surface area contributed by atoms with Crippen LogP contribution in [0, 0.1) is 11.8 Å². The number of ether oxygens (including phenoxy) is 6. The van der Waals surface area contributed by atoms with Crippen LogP contribution in [0.1, 0.15) is 174 Å². The van der Waals surface area contributed by atoms with Gasteiger partial charge in [-0.3, -0.25) is 9.59 Å². The second kappa shape index (κ2) is 48.1. The lowest BCUT2D eigenvalue weighted by Gasteiger charge is -2.27. The lowest BCUT2D eigenvalue weighted by atomic mass is 9.83. The standard InChI is InChI=1S/C22H26ClF2NO2.C15H13ClF3NO2.C14H14ClNO3.C13H14ClNO.C8H6ClN.C7H13F2N.C5H9BrO.C4F6O3.2CH4/c23-18-4-1-5-19-21(18)17(14-26(19)13-16-3-2-12-28-16)20(27)7-6-15-8-10-22(24,25)11-9-15;16-11-4-1-5-12-13(11)10(14(21)15(17,18)19)8-20(12)7-9-3-2-6-22-9;15-11-4-1-5-12-13(11)10(14(17)18)8-16(12)7-9-3-2-6-19-9;14-12-4-1-5-13-11(12)6-7-15(13)9-10-3-2-8-16-10;9-7-2-1-3-8-6(7)4-5-10-8;8-7(9)3-1-6(5-10)2-4-7;6-4-5-2-1-3-7-5;5-3(6,7)1(11)13-2(12)4(8,9)10;;/h1,4-5,14-16H,2-3,6-13H2;1,4-5,8-9H,2-3,6-7H2;1,4-5,8-9H,2-3,6-7H2,(H,17,18);1,4-7,10H,2-3,8-9H2;1-5,10H;6H,1-5,10H2;5H,1-4H2;;2*1H4. The maximum atomic E-state index is 13.3. The average Bonchev–Trinajstić information content (AvgIpc) is 1.63. The predicted molar refractivity (Wildman–Crippen MR) is 470 cm³/mol. The van der Waals surface area contributed by atoms with Crippen molar-refractivity contribution >= 4 is 158 Å². The number of esters is 2. The molecule has 5 aromatic heterocycles. The summed E-state index contributed by atoms with van der Waals surface area (Å²) >= 11 is 34.0. The highest BCUT2D eigenvalue weighted by atomic mass is 79.9. The van der Waals surface area contributed by atoms with Gasteiger partial charge in [-0.1, -0.05) is 119 Å². The van der Waals surface area contributed by atoms with E-state index in [1.54, 1.807) is 35.0 Å². The molecule has 5 aliphatic heterocycles. The molecule has 4 N–H and O–H groups in total. The van der Waals surface area contributed by atoms with E-state index < -0.39 is 59.6 Å². The zero-order chi connectivity index (χ0) is 90.6. The molecular weight excluding hydrogens is 1860 g/mol. The van der Waals surface area contributed by atoms with Crippen molar-refractivity contribution < 1.29 is 115 Å². The highest BCUT2D eigenvalue weighted by Gasteiger charge is 2.49. The molecule has 7 fully saturated rings. The fourth-order valence-corrected chi connectivity index (χ4v) is 17.5. The van der Waals surface area contributed by atoms with Crippen LogP contribution in [-0.2, 0) is 64.2 Å². The Balaban J connectivity index is 0.000000185. The minimum Gasteiger partial charge on any atom is -0.478 e. The summed E-state index contributed by atoms with van der Waals surface area (Å²) in [7, 11) is 0. The highest BCUT2D eigenvalue weighted by Crippen LogP contribution is 2.41. The van der Waals surface area contributed by atoms with Gasteiger partial charge in [-0.15, -0.1) is 0 Å². The molecule has 127 heavy (non-hydrogen) atoms. The van der Waals surface area contributed by atoms with Crippen LogP contribution in [0.2, 0.25) is 25.1 Å². The van der Waals surface area contributed by atoms with Crippen molar-refractivity contribution in [1.29, 1.82) is 0 Å². The molecule has 0 bridgehead atoms. The van der Waals surface area contributed by atoms with Gasteiger partial charge in [-0.05, 0) is 187 Å². The van der Waals surface area contributed by atoms with Gasteiger partial charge in [0, 0.05) is 181 Å². The van der Waals surface area contributed by atoms with Gasteiger partial charge in [0.1, 0.15) is 0 Å². The summed E-state index contributed by atoms with van der Waals surface area (Å²) < 4.78 is 195. The number of aromatic carboxylic acids is 1. The van der Waals surface area contributed by atoms with Gasteiger partial charge < -0.3 is 62.5 Å². The molecule has 5 unspecified atom stereocenters. The molecule has 0 amide bonds. The van der Waals surface area contributed by atoms with E-state index in [0.717, 1.165) is 120 Å². The first-order valence-electron chi connectivity index (χ1n) is 41.0. The fourth-order valence-electron chi connectivity index (χ4n) is 15.7. The lowest BCUT2D eigenvalue weighted by molar-refractivity contribution is -0.221. The Morgan fingerprint density at radius 1 is 0.457 bits per heavy atom. The first kappa shape index (κ1) is 105. The third kappa shape index (κ3) is 30.0. The first-order chi connectivity index (χ1) is 59.3. The number of alkyl halides is 14. The van der Waals surface area contributed by atoms with Crippen LogP contribution in [0.25, 0.3) is 54.5 Å². The lowest BCUT2D eigenvalue weighted by Crippen LogP contribution is -2.34. The van der Waals surface area contributed by atoms with Gasteiger partial charge in [-0.2, -0.15) is 39.5 Å². The molecular formula is C90H103BrCl5F13N6O12. The van der Waals surface area contributed by atoms with Crippen LogP contribution < -0.4 is 5.73 Å². The summed E-state index contributed by atoms with van der Waals surface area (Å²) in [5.41, 5.74) is 10.4. The summed E-state index contributed by atoms with van der Waals surface area (Å²) in [5.74, 6) is -13.6. The van der Waals surface area contributed by atoms with E-state index in [9.17, 15) is 86.2 Å². The third-order valence-corrected chi connectivity index (χ3v) is 24.6. The second-order valence-corrected chi connectivity index (χ2v) is 33.9. The zero-order valence-corrected chi connectivity index (χ0v) is 73.0. The second-order valence-electron chi connectivity index (χ2n) is 31.2. The molecule has 0 spiro atoms. The molecule has 2 saturated carbocycles. The van der Waals surface area contributed by atoms with Gasteiger partial charge in [-0.25, -0.2) is 31.9 Å². The van der Waals surface area contributed by atoms with Gasteiger partial charge in [0.15, 0.2) is 5.78 Å². The molecule has 37 heteroatoms. The number of nitrogens with one attached hydrogen (secondary N) is 1. The number of carboxylic acid groups (broad SMARTS) is 1. The number of H-pyrrole nitrogens is 1. The number of benzene rings is 5. The molecule has 2 aliphatic carbocycles. The van der Waals surface area contributed by atoms with E-state index in [1.165, 1.54) is 43.5 Å². The molecule has 5 atom stereocenters. The van der Waals surface area contributed by atoms with Crippen molar-refractivity contribution in [2.75, 3.05) is 44.9 Å². The topological polar surface area (TPSA) is 222 Å². The number of hydrogen-bond donors (Lipinski definition) is 3. The van der Waals surface area contributed by atoms with Crippen LogP contribution in [0.4, 0.5) is 57.1 Å². The van der Waals surface area contributed by atoms with Crippen LogP contribution in [-0.4, -0.2) is 164 Å². The monoisotopic (exact) mass is 1960 g/mol. The minimum atomic E-state index is -5.62. The van der Waals surface area contributed by atoms with E-state index in [-0.39, 0.29) is 86.5 Å². The van der Waals surface area contributed by atoms with Crippen LogP contribution in [0.15, 0.2) is 134 Å². The number of aromatic nitrogens is 5. The van der Waals surface area contributed by atoms with Crippen LogP contribution in [0.5, 0.6) is 0 Å². The molecule has 18 nitrogen and oxygen atoms in total. The Morgan fingerprint density at radius 2 is 0.819 bits per heavy atom. The maximum absolute atomic E-state index is 13.3. The predicted octanol–water partition coefficient (Wildman–Crippen LogP) is 25.7. The number of nitrogens with two attached hydrogens (primary N) is 1. The van der Waals surface area contributed by atoms with Gasteiger partial charge in [0.25, 0.3) is 5.78 Å². The number of aromatic amines is 1. The summed E-state index contributed by atoms with van der Waals surface area (Å²) in [4.78, 5) is 58.3. The Morgan fingerprint density at radius 3 is 1.20 bits per heavy atom. The number of carbonyl (C=O) groups is 5. The van der Waals surface area contributed by atoms with E-state index in [2.05, 4.69) is 53.1 Å². The molecule has 5 saturated heterocycles. The normalized spacial score (nSPS) is 19.7. The Hall–Kier alpha value is -7.47. The van der Waals surface area contributed by atoms with E-state index >= 15 is 0 Å². The van der Waals surface area contributed by atoms with Crippen molar-refractivity contribution in [1.82, 2.24) is 23.3 Å². The number of hydrogen-bond acceptors (Lipinski definition) is 12. The number of ketones is 2. The number of carboxylic acids is 1. The van der Waals surface area contributed by atoms with E-state index in [1.807, 2.05) is 77.6 Å². The number of rotatable bonds is 16. The van der Waals surface area contributed by atoms with Crippen molar-refractivity contribution in [3.05, 3.63) is 176 Å². The Labute approximate surface area is 759 Å². The Kier molecular flexibility index (Phi) is 39.7. The van der Waals surface area contributed by atoms with Crippen molar-refractivity contribution in [3.8, 4) is 0 Å². The van der Waals surface area contributed by atoms with Crippen LogP contribution >= 0.6 is 73.9 Å². The Bertz CT molecular complexity index is 5200. The van der Waals surface area contributed by atoms with Gasteiger partial charge in [0.05, 0.1) is 73.3 Å². The molecule has 7 aliphatic rings. The van der Waals surface area contributed by atoms with Crippen molar-refractivity contribution in [2.24, 2.45) is 17.6 Å². The van der Waals surface area contributed by atoms with Crippen molar-refractivity contribution in [2.45, 2.75) is 230 Å². The summed E-state index contributed by atoms with van der Waals surface area (Å²) in [5, 5.41) is 16.9. The smallest absolute Gasteiger partial charge is 0.478 e. The van der Waals surface area contributed by atoms with Gasteiger partial charge >= 0.3 is 36.4 Å². The summed E-state index contributed by atoms with van der Waals surface area (Å²) in [6.45, 7) is 7.39. The molecule has 17 rings (SSSR count). The first-order valence-corrected chi connectivity index (χ1v) is 44.0. The maximum Gasteiger partial charge on any atom is 0.491 e. The third-order valence-electron chi connectivity index (χ3n) is 22.2. The largest absolute Gasteiger partial charge is 0.491 e. The quantitative estimate of drug-likeness (QED) is 0.0270. The van der Waals surface area contributed by atoms with Gasteiger partial charge in [0.2, 0.25) is 11.8 Å². The molecule has 698 valence electrons.